The van der Waals surface area contributed by atoms with E-state index in [1.54, 1.807) is 0 Å². The molecule has 1 unspecified atom stereocenters. The van der Waals surface area contributed by atoms with Crippen molar-refractivity contribution >= 4 is 17.6 Å². The second-order valence-corrected chi connectivity index (χ2v) is 9.64. The zero-order valence-corrected chi connectivity index (χ0v) is 20.6. The van der Waals surface area contributed by atoms with E-state index in [4.69, 9.17) is 26.8 Å². The largest absolute Gasteiger partial charge is 0.460 e. The topological polar surface area (TPSA) is 85.6 Å². The fraction of sp³-hybridized carbons (Fsp3) is 0.560. The van der Waals surface area contributed by atoms with E-state index in [0.717, 1.165) is 37.7 Å². The minimum Gasteiger partial charge on any atom is -0.460 e. The number of esters is 1. The number of hydrogen-bond donors (Lipinski definition) is 3. The number of benzene rings is 1. The number of carbonyl (C=O) groups excluding carboxylic acids is 1. The first-order valence-corrected chi connectivity index (χ1v) is 11.8. The van der Waals surface area contributed by atoms with E-state index in [1.807, 2.05) is 26.8 Å². The number of rotatable bonds is 12. The molecule has 1 aromatic rings. The maximum atomic E-state index is 12.1. The summed E-state index contributed by atoms with van der Waals surface area (Å²) < 4.78 is 11.2. The standard InChI is InChI=1S/C25H38ClN3O3/c1-5-18(16-23(30)32-25(2,3)4)15-20-10-8-19(9-11-20)12-14-31-13-6-7-21-17-22(26)28-29-24(21)27/h8-11,17-18,28-29H,5-7,12-16,27H2,1-4H3. The van der Waals surface area contributed by atoms with Crippen molar-refractivity contribution < 1.29 is 14.3 Å². The average Bonchev–Trinajstić information content (AvgIpc) is 2.72. The van der Waals surface area contributed by atoms with Crippen LogP contribution in [0.25, 0.3) is 0 Å². The second-order valence-electron chi connectivity index (χ2n) is 9.23. The third-order valence-corrected chi connectivity index (χ3v) is 5.44. The molecule has 2 rings (SSSR count). The first kappa shape index (κ1) is 26.1. The second kappa shape index (κ2) is 12.8. The van der Waals surface area contributed by atoms with E-state index in [9.17, 15) is 4.79 Å². The van der Waals surface area contributed by atoms with Crippen LogP contribution in [0.4, 0.5) is 0 Å². The van der Waals surface area contributed by atoms with E-state index in [-0.39, 0.29) is 5.97 Å². The highest BCUT2D eigenvalue weighted by atomic mass is 35.5. The highest BCUT2D eigenvalue weighted by Gasteiger charge is 2.20. The maximum Gasteiger partial charge on any atom is 0.306 e. The summed E-state index contributed by atoms with van der Waals surface area (Å²) in [7, 11) is 0. The van der Waals surface area contributed by atoms with Crippen LogP contribution in [-0.2, 0) is 27.1 Å². The number of nitrogens with one attached hydrogen (secondary N) is 2. The molecule has 1 aliphatic heterocycles. The van der Waals surface area contributed by atoms with Gasteiger partial charge in [0.1, 0.15) is 16.6 Å². The Kier molecular flexibility index (Phi) is 10.4. The van der Waals surface area contributed by atoms with Crippen LogP contribution >= 0.6 is 11.6 Å². The zero-order chi connectivity index (χ0) is 23.6. The van der Waals surface area contributed by atoms with Gasteiger partial charge in [0.25, 0.3) is 0 Å². The van der Waals surface area contributed by atoms with Gasteiger partial charge in [-0.15, -0.1) is 0 Å². The first-order chi connectivity index (χ1) is 15.2. The third-order valence-electron chi connectivity index (χ3n) is 5.23. The lowest BCUT2D eigenvalue weighted by atomic mass is 9.93. The van der Waals surface area contributed by atoms with Crippen LogP contribution in [0.1, 0.15) is 64.5 Å². The molecule has 0 radical (unpaired) electrons. The van der Waals surface area contributed by atoms with Crippen molar-refractivity contribution in [3.63, 3.8) is 0 Å². The van der Waals surface area contributed by atoms with Gasteiger partial charge in [0.15, 0.2) is 0 Å². The van der Waals surface area contributed by atoms with Crippen molar-refractivity contribution in [1.82, 2.24) is 10.9 Å². The van der Waals surface area contributed by atoms with Gasteiger partial charge in [-0.1, -0.05) is 49.2 Å². The molecule has 178 valence electrons. The number of halogens is 1. The third kappa shape index (κ3) is 9.96. The molecule has 0 bridgehead atoms. The minimum atomic E-state index is -0.431. The molecule has 0 saturated carbocycles. The lowest BCUT2D eigenvalue weighted by Crippen LogP contribution is -2.36. The number of nitrogens with two attached hydrogens (primary N) is 1. The lowest BCUT2D eigenvalue weighted by Gasteiger charge is -2.22. The van der Waals surface area contributed by atoms with Crippen molar-refractivity contribution in [2.75, 3.05) is 13.2 Å². The quantitative estimate of drug-likeness (QED) is 0.237. The van der Waals surface area contributed by atoms with Gasteiger partial charge in [-0.2, -0.15) is 0 Å². The van der Waals surface area contributed by atoms with Crippen LogP contribution < -0.4 is 16.6 Å². The molecule has 0 spiro atoms. The molecule has 7 heteroatoms. The summed E-state index contributed by atoms with van der Waals surface area (Å²) in [5, 5.41) is 0.536. The molecular weight excluding hydrogens is 426 g/mol. The number of hydrogen-bond acceptors (Lipinski definition) is 6. The Morgan fingerprint density at radius 1 is 1.09 bits per heavy atom. The predicted octanol–water partition coefficient (Wildman–Crippen LogP) is 4.68. The van der Waals surface area contributed by atoms with Crippen LogP contribution in [0.2, 0.25) is 0 Å². The Morgan fingerprint density at radius 2 is 1.78 bits per heavy atom. The van der Waals surface area contributed by atoms with Crippen molar-refractivity contribution in [1.29, 1.82) is 0 Å². The smallest absolute Gasteiger partial charge is 0.306 e. The monoisotopic (exact) mass is 463 g/mol. The molecular formula is C25H38ClN3O3. The molecule has 0 aromatic heterocycles. The predicted molar refractivity (Wildman–Crippen MR) is 130 cm³/mol. The molecule has 0 aliphatic carbocycles. The Labute approximate surface area is 197 Å². The fourth-order valence-corrected chi connectivity index (χ4v) is 3.67. The summed E-state index contributed by atoms with van der Waals surface area (Å²) in [6, 6.07) is 8.61. The summed E-state index contributed by atoms with van der Waals surface area (Å²) in [6.45, 7) is 9.19. The molecule has 1 aromatic carbocycles. The maximum absolute atomic E-state index is 12.1. The molecule has 0 saturated heterocycles. The molecule has 6 nitrogen and oxygen atoms in total. The Hall–Kier alpha value is -2.18. The normalized spacial score (nSPS) is 15.0. The number of hydrazine groups is 1. The van der Waals surface area contributed by atoms with Gasteiger partial charge in [0, 0.05) is 13.0 Å². The number of allylic oxidation sites excluding steroid dienone is 2. The van der Waals surface area contributed by atoms with E-state index in [2.05, 4.69) is 42.0 Å². The van der Waals surface area contributed by atoms with Crippen LogP contribution in [0.15, 0.2) is 46.9 Å². The Balaban J connectivity index is 1.67. The van der Waals surface area contributed by atoms with Gasteiger partial charge in [-0.3, -0.25) is 15.6 Å². The van der Waals surface area contributed by atoms with E-state index >= 15 is 0 Å². The van der Waals surface area contributed by atoms with Crippen LogP contribution in [0.3, 0.4) is 0 Å². The van der Waals surface area contributed by atoms with Gasteiger partial charge >= 0.3 is 5.97 Å². The summed E-state index contributed by atoms with van der Waals surface area (Å²) in [5.41, 5.74) is 14.6. The lowest BCUT2D eigenvalue weighted by molar-refractivity contribution is -0.156. The van der Waals surface area contributed by atoms with Crippen molar-refractivity contribution in [2.45, 2.75) is 71.8 Å². The van der Waals surface area contributed by atoms with E-state index in [0.29, 0.717) is 36.5 Å². The Morgan fingerprint density at radius 3 is 2.44 bits per heavy atom. The summed E-state index contributed by atoms with van der Waals surface area (Å²) >= 11 is 5.95. The summed E-state index contributed by atoms with van der Waals surface area (Å²) in [4.78, 5) is 12.1. The highest BCUT2D eigenvalue weighted by Crippen LogP contribution is 2.20. The average molecular weight is 464 g/mol. The Bertz CT molecular complexity index is 798. The van der Waals surface area contributed by atoms with E-state index in [1.165, 1.54) is 11.1 Å². The summed E-state index contributed by atoms with van der Waals surface area (Å²) in [5.74, 6) is 0.779. The van der Waals surface area contributed by atoms with Gasteiger partial charge in [-0.25, -0.2) is 0 Å². The van der Waals surface area contributed by atoms with Crippen molar-refractivity contribution in [3.05, 3.63) is 58.0 Å². The molecule has 1 heterocycles. The van der Waals surface area contributed by atoms with Crippen LogP contribution in [0.5, 0.6) is 0 Å². The van der Waals surface area contributed by atoms with Gasteiger partial charge < -0.3 is 15.2 Å². The highest BCUT2D eigenvalue weighted by molar-refractivity contribution is 6.29. The molecule has 4 N–H and O–H groups in total. The molecule has 1 atom stereocenters. The van der Waals surface area contributed by atoms with Crippen molar-refractivity contribution in [3.8, 4) is 0 Å². The first-order valence-electron chi connectivity index (χ1n) is 11.4. The van der Waals surface area contributed by atoms with Gasteiger partial charge in [0.2, 0.25) is 0 Å². The summed E-state index contributed by atoms with van der Waals surface area (Å²) in [6.07, 6.45) is 6.70. The van der Waals surface area contributed by atoms with E-state index < -0.39 is 5.60 Å². The van der Waals surface area contributed by atoms with Gasteiger partial charge in [-0.05, 0) is 75.1 Å². The number of ether oxygens (including phenoxy) is 2. The zero-order valence-electron chi connectivity index (χ0n) is 19.8. The molecule has 0 amide bonds. The minimum absolute atomic E-state index is 0.118. The van der Waals surface area contributed by atoms with Crippen LogP contribution in [-0.4, -0.2) is 24.8 Å². The SMILES string of the molecule is CCC(CC(=O)OC(C)(C)C)Cc1ccc(CCOCCCC2=C(N)NNC(Cl)=C2)cc1. The van der Waals surface area contributed by atoms with Crippen molar-refractivity contribution in [2.24, 2.45) is 11.7 Å². The molecule has 1 aliphatic rings. The van der Waals surface area contributed by atoms with Crippen LogP contribution in [0, 0.1) is 5.92 Å². The van der Waals surface area contributed by atoms with Gasteiger partial charge in [0.05, 0.1) is 6.61 Å². The number of carbonyl (C=O) groups is 1. The fourth-order valence-electron chi connectivity index (χ4n) is 3.49. The molecule has 32 heavy (non-hydrogen) atoms. The molecule has 0 fully saturated rings.